The van der Waals surface area contributed by atoms with Gasteiger partial charge in [0.1, 0.15) is 0 Å². The highest BCUT2D eigenvalue weighted by Crippen LogP contribution is 2.07. The van der Waals surface area contributed by atoms with Crippen molar-refractivity contribution in [2.45, 2.75) is 25.7 Å². The van der Waals surface area contributed by atoms with Gasteiger partial charge in [-0.2, -0.15) is 0 Å². The highest BCUT2D eigenvalue weighted by Gasteiger charge is 2.21. The van der Waals surface area contributed by atoms with Crippen LogP contribution in [0.1, 0.15) is 19.5 Å². The fourth-order valence-electron chi connectivity index (χ4n) is 1.45. The van der Waals surface area contributed by atoms with Crippen LogP contribution >= 0.6 is 0 Å². The van der Waals surface area contributed by atoms with Crippen LogP contribution in [0.2, 0.25) is 0 Å². The van der Waals surface area contributed by atoms with E-state index in [2.05, 4.69) is 9.72 Å². The molecule has 1 heterocycles. The van der Waals surface area contributed by atoms with E-state index in [0.717, 1.165) is 5.69 Å². The first kappa shape index (κ1) is 20.3. The predicted molar refractivity (Wildman–Crippen MR) is 92.1 cm³/mol. The van der Waals surface area contributed by atoms with Gasteiger partial charge in [-0.15, -0.1) is 0 Å². The van der Waals surface area contributed by atoms with E-state index in [1.165, 1.54) is 38.1 Å². The summed E-state index contributed by atoms with van der Waals surface area (Å²) in [6.45, 7) is 5.03. The van der Waals surface area contributed by atoms with Crippen molar-refractivity contribution in [3.63, 3.8) is 0 Å². The number of pyridine rings is 1. The van der Waals surface area contributed by atoms with Crippen LogP contribution in [0, 0.1) is 12.8 Å². The molecule has 0 atom stereocenters. The summed E-state index contributed by atoms with van der Waals surface area (Å²) in [5.74, 6) is -1.31. The number of ether oxygens (including phenoxy) is 1. The van der Waals surface area contributed by atoms with E-state index in [-0.39, 0.29) is 4.90 Å². The highest BCUT2D eigenvalue weighted by atomic mass is 32.2. The molecular formula is C17H20N2O5S. The minimum absolute atomic E-state index is 0.0843. The maximum Gasteiger partial charge on any atom is 0.428 e. The molecule has 1 N–H and O–H groups in total. The number of hydrogen-bond acceptors (Lipinski definition) is 6. The van der Waals surface area contributed by atoms with Crippen LogP contribution in [0.4, 0.5) is 4.79 Å². The highest BCUT2D eigenvalue weighted by molar-refractivity contribution is 7.90. The Morgan fingerprint density at radius 3 is 2.08 bits per heavy atom. The number of esters is 1. The molecule has 0 saturated carbocycles. The summed E-state index contributed by atoms with van der Waals surface area (Å²) >= 11 is 0. The minimum atomic E-state index is -4.01. The van der Waals surface area contributed by atoms with Crippen LogP contribution in [0.5, 0.6) is 0 Å². The number of aryl methyl sites for hydroxylation is 1. The van der Waals surface area contributed by atoms with Gasteiger partial charge in [-0.3, -0.25) is 9.78 Å². The zero-order valence-electron chi connectivity index (χ0n) is 14.2. The number of nitrogens with zero attached hydrogens (tertiary/aromatic N) is 1. The Balaban J connectivity index is 0.000000370. The van der Waals surface area contributed by atoms with Crippen molar-refractivity contribution in [1.82, 2.24) is 9.71 Å². The van der Waals surface area contributed by atoms with Gasteiger partial charge < -0.3 is 4.74 Å². The first-order chi connectivity index (χ1) is 11.7. The molecule has 0 aliphatic rings. The number of hydrogen-bond donors (Lipinski definition) is 1. The fraction of sp³-hybridized carbons (Fsp3) is 0.235. The van der Waals surface area contributed by atoms with Gasteiger partial charge in [0.15, 0.2) is 0 Å². The average molecular weight is 364 g/mol. The molecule has 2 rings (SSSR count). The molecule has 1 amide bonds. The standard InChI is InChI=1S/C11H13NO5S.C6H7N/c1-8(2)10(13)17-11(14)12-18(15,16)9-6-4-3-5-7-9;1-6-4-2-3-5-7-6/h3-8H,1-2H3,(H,12,14);2-5H,1H3. The normalized spacial score (nSPS) is 10.4. The number of rotatable bonds is 3. The maximum atomic E-state index is 11.7. The molecule has 0 unspecified atom stereocenters. The first-order valence-corrected chi connectivity index (χ1v) is 8.92. The van der Waals surface area contributed by atoms with Crippen LogP contribution in [0.3, 0.4) is 0 Å². The number of carbonyl (C=O) groups excluding carboxylic acids is 2. The van der Waals surface area contributed by atoms with Crippen molar-refractivity contribution in [1.29, 1.82) is 0 Å². The molecular weight excluding hydrogens is 344 g/mol. The number of amides is 1. The lowest BCUT2D eigenvalue weighted by atomic mass is 10.2. The molecule has 0 fully saturated rings. The van der Waals surface area contributed by atoms with Crippen molar-refractivity contribution >= 4 is 22.1 Å². The Morgan fingerprint density at radius 2 is 1.64 bits per heavy atom. The lowest BCUT2D eigenvalue weighted by molar-refractivity contribution is -0.140. The van der Waals surface area contributed by atoms with E-state index in [0.29, 0.717) is 0 Å². The zero-order chi connectivity index (χ0) is 18.9. The quantitative estimate of drug-likeness (QED) is 0.663. The number of carbonyl (C=O) groups is 2. The second-order valence-electron chi connectivity index (χ2n) is 5.25. The molecule has 2 aromatic rings. The molecule has 8 heteroatoms. The number of sulfonamides is 1. The van der Waals surface area contributed by atoms with E-state index in [1.807, 2.05) is 25.1 Å². The monoisotopic (exact) mass is 364 g/mol. The van der Waals surface area contributed by atoms with Crippen molar-refractivity contribution in [2.75, 3.05) is 0 Å². The smallest absolute Gasteiger partial charge is 0.375 e. The maximum absolute atomic E-state index is 11.7. The predicted octanol–water partition coefficient (Wildman–Crippen LogP) is 2.67. The third kappa shape index (κ3) is 7.58. The lowest BCUT2D eigenvalue weighted by Gasteiger charge is -2.07. The Hall–Kier alpha value is -2.74. The second-order valence-corrected chi connectivity index (χ2v) is 6.94. The summed E-state index contributed by atoms with van der Waals surface area (Å²) in [5.41, 5.74) is 1.07. The summed E-state index contributed by atoms with van der Waals surface area (Å²) in [6, 6.07) is 13.2. The van der Waals surface area contributed by atoms with Crippen molar-refractivity contribution in [2.24, 2.45) is 5.92 Å². The Labute approximate surface area is 147 Å². The van der Waals surface area contributed by atoms with E-state index in [1.54, 1.807) is 17.0 Å². The topological polar surface area (TPSA) is 102 Å². The third-order valence-electron chi connectivity index (χ3n) is 2.75. The second kappa shape index (κ2) is 9.53. The van der Waals surface area contributed by atoms with Gasteiger partial charge in [0.05, 0.1) is 10.8 Å². The summed E-state index contributed by atoms with van der Waals surface area (Å²) in [7, 11) is -4.01. The molecule has 0 saturated heterocycles. The van der Waals surface area contributed by atoms with Crippen LogP contribution in [0.15, 0.2) is 59.6 Å². The Bertz CT molecular complexity index is 790. The summed E-state index contributed by atoms with van der Waals surface area (Å²) in [4.78, 5) is 26.2. The summed E-state index contributed by atoms with van der Waals surface area (Å²) in [5, 5.41) is 0. The molecule has 0 aliphatic carbocycles. The molecule has 0 radical (unpaired) electrons. The van der Waals surface area contributed by atoms with Gasteiger partial charge >= 0.3 is 12.1 Å². The zero-order valence-corrected chi connectivity index (χ0v) is 15.0. The van der Waals surface area contributed by atoms with E-state index in [4.69, 9.17) is 0 Å². The van der Waals surface area contributed by atoms with Crippen LogP contribution in [-0.4, -0.2) is 25.5 Å². The van der Waals surface area contributed by atoms with Gasteiger partial charge in [0.2, 0.25) is 0 Å². The molecule has 7 nitrogen and oxygen atoms in total. The number of benzene rings is 1. The van der Waals surface area contributed by atoms with Crippen molar-refractivity contribution < 1.29 is 22.7 Å². The van der Waals surface area contributed by atoms with Gasteiger partial charge in [0, 0.05) is 11.9 Å². The molecule has 25 heavy (non-hydrogen) atoms. The third-order valence-corrected chi connectivity index (χ3v) is 4.08. The van der Waals surface area contributed by atoms with Crippen molar-refractivity contribution in [3.8, 4) is 0 Å². The van der Waals surface area contributed by atoms with Gasteiger partial charge in [-0.05, 0) is 31.2 Å². The number of nitrogens with one attached hydrogen (secondary N) is 1. The van der Waals surface area contributed by atoms with Gasteiger partial charge in [-0.1, -0.05) is 38.1 Å². The largest absolute Gasteiger partial charge is 0.428 e. The molecule has 0 bridgehead atoms. The Morgan fingerprint density at radius 1 is 1.04 bits per heavy atom. The molecule has 0 spiro atoms. The number of aromatic nitrogens is 1. The molecule has 0 aliphatic heterocycles. The first-order valence-electron chi connectivity index (χ1n) is 7.43. The molecule has 1 aromatic heterocycles. The molecule has 1 aromatic carbocycles. The van der Waals surface area contributed by atoms with E-state index >= 15 is 0 Å². The molecule has 134 valence electrons. The minimum Gasteiger partial charge on any atom is -0.375 e. The van der Waals surface area contributed by atoms with E-state index < -0.39 is 28.0 Å². The average Bonchev–Trinajstić information content (AvgIpc) is 2.56. The van der Waals surface area contributed by atoms with Gasteiger partial charge in [0.25, 0.3) is 10.0 Å². The van der Waals surface area contributed by atoms with E-state index in [9.17, 15) is 18.0 Å². The van der Waals surface area contributed by atoms with Crippen LogP contribution < -0.4 is 4.72 Å². The lowest BCUT2D eigenvalue weighted by Crippen LogP contribution is -2.33. The van der Waals surface area contributed by atoms with Crippen LogP contribution in [0.25, 0.3) is 0 Å². The SMILES string of the molecule is CC(C)C(=O)OC(=O)NS(=O)(=O)c1ccccc1.Cc1ccccn1. The fourth-order valence-corrected chi connectivity index (χ4v) is 2.34. The van der Waals surface area contributed by atoms with Crippen molar-refractivity contribution in [3.05, 3.63) is 60.4 Å². The summed E-state index contributed by atoms with van der Waals surface area (Å²) in [6.07, 6.45) is 0.479. The Kier molecular flexibility index (Phi) is 7.74. The van der Waals surface area contributed by atoms with Crippen LogP contribution in [-0.2, 0) is 19.6 Å². The summed E-state index contributed by atoms with van der Waals surface area (Å²) < 4.78 is 29.3. The van der Waals surface area contributed by atoms with Gasteiger partial charge in [-0.25, -0.2) is 17.9 Å².